The van der Waals surface area contributed by atoms with E-state index in [0.717, 1.165) is 52.8 Å². The van der Waals surface area contributed by atoms with Crippen LogP contribution in [0.15, 0.2) is 66.2 Å². The topological polar surface area (TPSA) is 108 Å². The maximum Gasteiger partial charge on any atom is 0.303 e. The van der Waals surface area contributed by atoms with Crippen molar-refractivity contribution in [2.24, 2.45) is 0 Å². The fraction of sp³-hybridized carbons (Fsp3) is 0.425. The molecule has 2 bridgehead atoms. The van der Waals surface area contributed by atoms with Gasteiger partial charge in [0.05, 0.1) is 12.6 Å². The van der Waals surface area contributed by atoms with Crippen LogP contribution in [0.3, 0.4) is 0 Å². The van der Waals surface area contributed by atoms with E-state index in [1.54, 1.807) is 4.90 Å². The number of carbonyl (C=O) groups excluding carboxylic acids is 2. The van der Waals surface area contributed by atoms with E-state index in [9.17, 15) is 14.4 Å². The monoisotopic (exact) mass is 683 g/mol. The van der Waals surface area contributed by atoms with Crippen molar-refractivity contribution < 1.29 is 24.2 Å². The number of nitrogens with one attached hydrogen (secondary N) is 2. The fourth-order valence-corrected chi connectivity index (χ4v) is 7.45. The minimum absolute atomic E-state index is 0.0131. The molecule has 8 nitrogen and oxygen atoms in total. The lowest BCUT2D eigenvalue weighted by Crippen LogP contribution is -2.62. The van der Waals surface area contributed by atoms with Crippen LogP contribution in [-0.2, 0) is 27.2 Å². The maximum atomic E-state index is 14.3. The molecule has 0 aromatic heterocycles. The molecule has 3 aromatic carbocycles. The molecule has 3 N–H and O–H groups in total. The molecule has 3 aromatic rings. The third kappa shape index (κ3) is 8.36. The van der Waals surface area contributed by atoms with Gasteiger partial charge in [-0.3, -0.25) is 14.4 Å². The molecule has 2 aliphatic heterocycles. The van der Waals surface area contributed by atoms with Gasteiger partial charge in [0.15, 0.2) is 0 Å². The lowest BCUT2D eigenvalue weighted by atomic mass is 9.82. The molecular weight excluding hydrogens is 638 g/mol. The van der Waals surface area contributed by atoms with Gasteiger partial charge in [-0.1, -0.05) is 60.1 Å². The molecule has 0 unspecified atom stereocenters. The summed E-state index contributed by atoms with van der Waals surface area (Å²) >= 11 is 6.50. The van der Waals surface area contributed by atoms with Crippen molar-refractivity contribution in [2.45, 2.75) is 89.8 Å². The van der Waals surface area contributed by atoms with E-state index in [4.69, 9.17) is 21.4 Å². The van der Waals surface area contributed by atoms with Gasteiger partial charge in [-0.15, -0.1) is 0 Å². The van der Waals surface area contributed by atoms with Crippen molar-refractivity contribution in [3.05, 3.63) is 105 Å². The van der Waals surface area contributed by atoms with E-state index < -0.39 is 5.97 Å². The summed E-state index contributed by atoms with van der Waals surface area (Å²) in [5.41, 5.74) is 8.07. The SMILES string of the molecule is Cc1cc(C)c(C)c(OCCc2ccc(C3=C(C(=O)NC4(Cc5ccccc5Cl)CC4)[C@H]4CN(C(=O)CCCC(=O)O)C[C@@H](C3)N4)cc2)c1. The minimum atomic E-state index is -0.905. The van der Waals surface area contributed by atoms with Gasteiger partial charge < -0.3 is 25.4 Å². The number of hydrogen-bond acceptors (Lipinski definition) is 5. The highest BCUT2D eigenvalue weighted by Crippen LogP contribution is 2.41. The van der Waals surface area contributed by atoms with Crippen molar-refractivity contribution >= 4 is 35.0 Å². The second-order valence-electron chi connectivity index (χ2n) is 14.1. The number of fused-ring (bicyclic) bond motifs is 2. The summed E-state index contributed by atoms with van der Waals surface area (Å²) in [6.45, 7) is 7.72. The van der Waals surface area contributed by atoms with Crippen molar-refractivity contribution in [3.8, 4) is 5.75 Å². The molecule has 0 spiro atoms. The molecule has 9 heteroatoms. The van der Waals surface area contributed by atoms with Crippen LogP contribution in [0.25, 0.3) is 5.57 Å². The minimum Gasteiger partial charge on any atom is -0.493 e. The second-order valence-corrected chi connectivity index (χ2v) is 14.5. The van der Waals surface area contributed by atoms with Crippen LogP contribution in [0.2, 0.25) is 5.02 Å². The predicted molar refractivity (Wildman–Crippen MR) is 192 cm³/mol. The zero-order valence-electron chi connectivity index (χ0n) is 28.6. The van der Waals surface area contributed by atoms with E-state index in [1.165, 1.54) is 11.1 Å². The van der Waals surface area contributed by atoms with Crippen LogP contribution in [-0.4, -0.2) is 65.1 Å². The number of carbonyl (C=O) groups is 3. The molecule has 2 fully saturated rings. The van der Waals surface area contributed by atoms with E-state index in [1.807, 2.05) is 24.3 Å². The predicted octanol–water partition coefficient (Wildman–Crippen LogP) is 6.36. The number of aliphatic carboxylic acids is 1. The van der Waals surface area contributed by atoms with Gasteiger partial charge in [0.1, 0.15) is 5.75 Å². The summed E-state index contributed by atoms with van der Waals surface area (Å²) in [6.07, 6.45) is 4.21. The van der Waals surface area contributed by atoms with Crippen molar-refractivity contribution in [3.63, 3.8) is 0 Å². The average Bonchev–Trinajstić information content (AvgIpc) is 3.82. The van der Waals surface area contributed by atoms with Gasteiger partial charge in [-0.05, 0) is 104 Å². The van der Waals surface area contributed by atoms with Crippen molar-refractivity contribution in [1.82, 2.24) is 15.5 Å². The van der Waals surface area contributed by atoms with E-state index in [0.29, 0.717) is 49.6 Å². The van der Waals surface area contributed by atoms with Crippen LogP contribution in [0.5, 0.6) is 5.75 Å². The Balaban J connectivity index is 1.21. The zero-order chi connectivity index (χ0) is 34.7. The largest absolute Gasteiger partial charge is 0.493 e. The van der Waals surface area contributed by atoms with Gasteiger partial charge >= 0.3 is 5.97 Å². The molecule has 3 aliphatic rings. The van der Waals surface area contributed by atoms with E-state index >= 15 is 0 Å². The summed E-state index contributed by atoms with van der Waals surface area (Å²) in [5, 5.41) is 16.8. The normalized spacial score (nSPS) is 19.4. The number of piperazine rings is 1. The van der Waals surface area contributed by atoms with E-state index in [-0.39, 0.29) is 42.3 Å². The lowest BCUT2D eigenvalue weighted by molar-refractivity contribution is -0.137. The Hall–Kier alpha value is -4.14. The van der Waals surface area contributed by atoms with Gasteiger partial charge in [0.25, 0.3) is 0 Å². The number of ether oxygens (including phenoxy) is 1. The zero-order valence-corrected chi connectivity index (χ0v) is 29.4. The smallest absolute Gasteiger partial charge is 0.303 e. The van der Waals surface area contributed by atoms with Crippen LogP contribution >= 0.6 is 11.6 Å². The fourth-order valence-electron chi connectivity index (χ4n) is 7.25. The second kappa shape index (κ2) is 14.8. The first kappa shape index (κ1) is 34.7. The molecule has 1 saturated heterocycles. The molecule has 2 amide bonds. The summed E-state index contributed by atoms with van der Waals surface area (Å²) in [6, 6.07) is 20.1. The number of halogens is 1. The summed E-state index contributed by atoms with van der Waals surface area (Å²) in [7, 11) is 0. The molecule has 6 rings (SSSR count). The Kier molecular flexibility index (Phi) is 10.5. The number of hydrogen-bond donors (Lipinski definition) is 3. The highest BCUT2D eigenvalue weighted by Gasteiger charge is 2.47. The first-order valence-electron chi connectivity index (χ1n) is 17.3. The van der Waals surface area contributed by atoms with Gasteiger partial charge in [0, 0.05) is 54.5 Å². The quantitative estimate of drug-likeness (QED) is 0.194. The van der Waals surface area contributed by atoms with Crippen molar-refractivity contribution in [1.29, 1.82) is 0 Å². The molecule has 0 radical (unpaired) electrons. The number of amides is 2. The highest BCUT2D eigenvalue weighted by molar-refractivity contribution is 6.31. The highest BCUT2D eigenvalue weighted by atomic mass is 35.5. The van der Waals surface area contributed by atoms with Crippen LogP contribution < -0.4 is 15.4 Å². The summed E-state index contributed by atoms with van der Waals surface area (Å²) in [5.74, 6) is -0.163. The Labute approximate surface area is 293 Å². The van der Waals surface area contributed by atoms with Crippen LogP contribution in [0, 0.1) is 20.8 Å². The number of carboxylic acid groups (broad SMARTS) is 1. The third-order valence-electron chi connectivity index (χ3n) is 10.2. The lowest BCUT2D eigenvalue weighted by Gasteiger charge is -2.44. The first-order valence-corrected chi connectivity index (χ1v) is 17.7. The molecule has 2 atom stereocenters. The Bertz CT molecular complexity index is 1760. The number of benzene rings is 3. The van der Waals surface area contributed by atoms with Gasteiger partial charge in [0.2, 0.25) is 11.8 Å². The third-order valence-corrected chi connectivity index (χ3v) is 10.6. The molecule has 2 heterocycles. The molecule has 1 saturated carbocycles. The summed E-state index contributed by atoms with van der Waals surface area (Å²) < 4.78 is 6.18. The van der Waals surface area contributed by atoms with Gasteiger partial charge in [-0.2, -0.15) is 0 Å². The Morgan fingerprint density at radius 3 is 2.49 bits per heavy atom. The maximum absolute atomic E-state index is 14.3. The van der Waals surface area contributed by atoms with E-state index in [2.05, 4.69) is 67.8 Å². The average molecular weight is 684 g/mol. The number of carboxylic acids is 1. The standard InChI is InChI=1S/C40H46ClN3O5/c1-25-19-26(2)27(3)35(20-25)49-18-15-28-11-13-29(14-12-28)32-21-31-23-44(36(45)9-6-10-37(46)47)24-34(42-31)38(32)39(48)43-40(16-17-40)22-30-7-4-5-8-33(30)41/h4-5,7-8,11-14,19-20,31,34,42H,6,9-10,15-18,21-24H2,1-3H3,(H,43,48)(H,46,47)/t31-,34-/m1/s1. The van der Waals surface area contributed by atoms with Crippen LogP contribution in [0.4, 0.5) is 0 Å². The van der Waals surface area contributed by atoms with Gasteiger partial charge in [-0.25, -0.2) is 0 Å². The number of nitrogens with zero attached hydrogens (tertiary/aromatic N) is 1. The number of rotatable bonds is 13. The molecule has 258 valence electrons. The number of aryl methyl sites for hydroxylation is 2. The molecular formula is C40H46ClN3O5. The summed E-state index contributed by atoms with van der Waals surface area (Å²) in [4.78, 5) is 40.3. The van der Waals surface area contributed by atoms with Crippen LogP contribution in [0.1, 0.15) is 71.9 Å². The Morgan fingerprint density at radius 1 is 1.02 bits per heavy atom. The van der Waals surface area contributed by atoms with Crippen molar-refractivity contribution in [2.75, 3.05) is 19.7 Å². The molecule has 1 aliphatic carbocycles. The first-order chi connectivity index (χ1) is 23.5. The Morgan fingerprint density at radius 2 is 1.78 bits per heavy atom. The molecule has 49 heavy (non-hydrogen) atoms.